The van der Waals surface area contributed by atoms with Crippen LogP contribution in [0.3, 0.4) is 0 Å². The lowest BCUT2D eigenvalue weighted by atomic mass is 10.3. The second-order valence-corrected chi connectivity index (χ2v) is 6.72. The van der Waals surface area contributed by atoms with Crippen LogP contribution in [0.4, 0.5) is 0 Å². The molecule has 0 aliphatic carbocycles. The Kier molecular flexibility index (Phi) is 11.6. The molecule has 0 bridgehead atoms. The maximum Gasteiger partial charge on any atom is -0.00490 e. The van der Waals surface area contributed by atoms with Gasteiger partial charge in [-0.15, -0.1) is 0 Å². The number of nitrogens with one attached hydrogen (secondary N) is 1. The minimum Gasteiger partial charge on any atom is -0.317 e. The predicted octanol–water partition coefficient (Wildman–Crippen LogP) is 4.49. The highest BCUT2D eigenvalue weighted by molar-refractivity contribution is 7.55. The van der Waals surface area contributed by atoms with E-state index in [-0.39, 0.29) is 0 Å². The number of unbranched alkanes of at least 4 members (excludes halogenated alkanes) is 2. The molecule has 2 aromatic rings. The van der Waals surface area contributed by atoms with E-state index in [2.05, 4.69) is 79.8 Å². The number of rotatable bonds is 8. The molecule has 0 saturated carbocycles. The first-order valence-corrected chi connectivity index (χ1v) is 9.44. The van der Waals surface area contributed by atoms with E-state index in [1.165, 1.54) is 49.4 Å². The summed E-state index contributed by atoms with van der Waals surface area (Å²) < 4.78 is 0. The van der Waals surface area contributed by atoms with Crippen molar-refractivity contribution in [1.29, 1.82) is 0 Å². The Labute approximate surface area is 138 Å². The van der Waals surface area contributed by atoms with E-state index in [4.69, 9.17) is 0 Å². The monoisotopic (exact) mass is 315 g/mol. The molecule has 0 spiro atoms. The summed E-state index contributed by atoms with van der Waals surface area (Å²) in [4.78, 5) is 0. The molecule has 0 aliphatic rings. The van der Waals surface area contributed by atoms with Crippen LogP contribution in [0.2, 0.25) is 0 Å². The van der Waals surface area contributed by atoms with Crippen molar-refractivity contribution in [2.75, 3.05) is 13.1 Å². The van der Waals surface area contributed by atoms with Gasteiger partial charge < -0.3 is 5.32 Å². The highest BCUT2D eigenvalue weighted by Crippen LogP contribution is 2.08. The number of hydrogen-bond donors (Lipinski definition) is 1. The summed E-state index contributed by atoms with van der Waals surface area (Å²) >= 11 is 0. The topological polar surface area (TPSA) is 12.0 Å². The Hall–Kier alpha value is -1.17. The maximum absolute atomic E-state index is 3.39. The van der Waals surface area contributed by atoms with Gasteiger partial charge >= 0.3 is 0 Å². The van der Waals surface area contributed by atoms with Crippen molar-refractivity contribution < 1.29 is 0 Å². The average molecular weight is 315 g/mol. The zero-order chi connectivity index (χ0) is 15.9. The predicted molar refractivity (Wildman–Crippen MR) is 103 cm³/mol. The van der Waals surface area contributed by atoms with Gasteiger partial charge in [0.2, 0.25) is 0 Å². The third kappa shape index (κ3) is 9.71. The molecule has 2 heteroatoms. The highest BCUT2D eigenvalue weighted by Gasteiger charge is 1.92. The van der Waals surface area contributed by atoms with Crippen LogP contribution >= 0.6 is 8.58 Å². The van der Waals surface area contributed by atoms with Gasteiger partial charge in [-0.1, -0.05) is 95.9 Å². The number of hydrogen-bond acceptors (Lipinski definition) is 1. The van der Waals surface area contributed by atoms with Gasteiger partial charge in [-0.2, -0.15) is 0 Å². The van der Waals surface area contributed by atoms with Gasteiger partial charge in [-0.05, 0) is 36.5 Å². The van der Waals surface area contributed by atoms with E-state index in [0.717, 1.165) is 8.58 Å². The molecule has 22 heavy (non-hydrogen) atoms. The van der Waals surface area contributed by atoms with Gasteiger partial charge in [0.1, 0.15) is 0 Å². The molecule has 0 saturated heterocycles. The molecule has 1 N–H and O–H groups in total. The Balaban J connectivity index is 0.000000239. The van der Waals surface area contributed by atoms with Crippen molar-refractivity contribution in [3.8, 4) is 0 Å². The average Bonchev–Trinajstić information content (AvgIpc) is 2.57. The first kappa shape index (κ1) is 18.9. The summed E-state index contributed by atoms with van der Waals surface area (Å²) in [5.74, 6) is 0. The minimum atomic E-state index is 0.777. The normalized spacial score (nSPS) is 9.91. The van der Waals surface area contributed by atoms with Crippen molar-refractivity contribution in [1.82, 2.24) is 5.32 Å². The van der Waals surface area contributed by atoms with Crippen molar-refractivity contribution >= 4 is 19.2 Å². The van der Waals surface area contributed by atoms with E-state index in [0.29, 0.717) is 0 Å². The smallest absolute Gasteiger partial charge is 0.00490 e. The van der Waals surface area contributed by atoms with Crippen LogP contribution in [0.25, 0.3) is 0 Å². The Morgan fingerprint density at radius 2 is 1.09 bits per heavy atom. The lowest BCUT2D eigenvalue weighted by Gasteiger charge is -2.00. The zero-order valence-electron chi connectivity index (χ0n) is 14.0. The van der Waals surface area contributed by atoms with E-state index < -0.39 is 0 Å². The van der Waals surface area contributed by atoms with Gasteiger partial charge in [0.25, 0.3) is 0 Å². The largest absolute Gasteiger partial charge is 0.317 e. The van der Waals surface area contributed by atoms with Gasteiger partial charge in [0, 0.05) is 0 Å². The summed E-state index contributed by atoms with van der Waals surface area (Å²) in [7, 11) is 0.777. The van der Waals surface area contributed by atoms with Crippen LogP contribution in [-0.2, 0) is 0 Å². The SMILES string of the molecule is CCCCNCCCC.c1ccc(Pc2ccccc2)cc1. The third-order valence-corrected chi connectivity index (χ3v) is 4.49. The lowest BCUT2D eigenvalue weighted by Crippen LogP contribution is -2.15. The summed E-state index contributed by atoms with van der Waals surface area (Å²) in [6.07, 6.45) is 5.26. The highest BCUT2D eigenvalue weighted by atomic mass is 31.1. The molecule has 120 valence electrons. The Morgan fingerprint density at radius 3 is 1.45 bits per heavy atom. The first-order chi connectivity index (χ1) is 10.9. The second-order valence-electron chi connectivity index (χ2n) is 5.31. The summed E-state index contributed by atoms with van der Waals surface area (Å²) in [5, 5.41) is 6.18. The molecule has 0 aromatic heterocycles. The summed E-state index contributed by atoms with van der Waals surface area (Å²) in [5.41, 5.74) is 0. The molecule has 0 atom stereocenters. The molecule has 1 nitrogen and oxygen atoms in total. The molecule has 2 rings (SSSR count). The van der Waals surface area contributed by atoms with Gasteiger partial charge in [-0.25, -0.2) is 0 Å². The van der Waals surface area contributed by atoms with E-state index in [1.54, 1.807) is 0 Å². The lowest BCUT2D eigenvalue weighted by molar-refractivity contribution is 0.611. The minimum absolute atomic E-state index is 0.777. The quantitative estimate of drug-likeness (QED) is 0.559. The van der Waals surface area contributed by atoms with Crippen LogP contribution < -0.4 is 15.9 Å². The van der Waals surface area contributed by atoms with Crippen LogP contribution in [0.5, 0.6) is 0 Å². The van der Waals surface area contributed by atoms with Crippen molar-refractivity contribution in [3.63, 3.8) is 0 Å². The van der Waals surface area contributed by atoms with Crippen LogP contribution in [0.1, 0.15) is 39.5 Å². The van der Waals surface area contributed by atoms with Crippen LogP contribution in [0.15, 0.2) is 60.7 Å². The standard InChI is InChI=1S/C12H11P.C8H19N/c1-3-7-11(8-4-1)13-12-9-5-2-6-10-12;1-3-5-7-9-8-6-4-2/h1-10,13H;9H,3-8H2,1-2H3. The zero-order valence-corrected chi connectivity index (χ0v) is 15.0. The molecule has 0 amide bonds. The molecule has 0 fully saturated rings. The fourth-order valence-corrected chi connectivity index (χ4v) is 2.99. The molecule has 0 radical (unpaired) electrons. The maximum atomic E-state index is 3.39. The van der Waals surface area contributed by atoms with Gasteiger partial charge in [-0.3, -0.25) is 0 Å². The van der Waals surface area contributed by atoms with E-state index in [9.17, 15) is 0 Å². The summed E-state index contributed by atoms with van der Waals surface area (Å²) in [6, 6.07) is 21.2. The van der Waals surface area contributed by atoms with Crippen molar-refractivity contribution in [3.05, 3.63) is 60.7 Å². The molecule has 0 heterocycles. The van der Waals surface area contributed by atoms with E-state index in [1.807, 2.05) is 0 Å². The van der Waals surface area contributed by atoms with Crippen molar-refractivity contribution in [2.24, 2.45) is 0 Å². The number of benzene rings is 2. The van der Waals surface area contributed by atoms with Crippen LogP contribution in [-0.4, -0.2) is 13.1 Å². The van der Waals surface area contributed by atoms with Crippen LogP contribution in [0, 0.1) is 0 Å². The second kappa shape index (κ2) is 13.5. The molecule has 2 aromatic carbocycles. The van der Waals surface area contributed by atoms with Gasteiger partial charge in [0.05, 0.1) is 0 Å². The first-order valence-electron chi connectivity index (χ1n) is 8.44. The fraction of sp³-hybridized carbons (Fsp3) is 0.400. The molecular formula is C20H30NP. The molecule has 0 unspecified atom stereocenters. The Bertz CT molecular complexity index is 412. The van der Waals surface area contributed by atoms with Gasteiger partial charge in [0.15, 0.2) is 0 Å². The molecular weight excluding hydrogens is 285 g/mol. The summed E-state index contributed by atoms with van der Waals surface area (Å²) in [6.45, 7) is 6.86. The van der Waals surface area contributed by atoms with E-state index >= 15 is 0 Å². The fourth-order valence-electron chi connectivity index (χ4n) is 1.94. The Morgan fingerprint density at radius 1 is 0.682 bits per heavy atom. The van der Waals surface area contributed by atoms with Crippen molar-refractivity contribution in [2.45, 2.75) is 39.5 Å². The molecule has 0 aliphatic heterocycles. The third-order valence-electron chi connectivity index (χ3n) is 3.25.